The van der Waals surface area contributed by atoms with E-state index in [9.17, 15) is 4.79 Å². The van der Waals surface area contributed by atoms with Crippen molar-refractivity contribution >= 4 is 23.2 Å². The summed E-state index contributed by atoms with van der Waals surface area (Å²) in [6.45, 7) is 2.02. The number of aromatic nitrogens is 2. The minimum absolute atomic E-state index is 0.203. The summed E-state index contributed by atoms with van der Waals surface area (Å²) < 4.78 is 1.98. The average molecular weight is 390 g/mol. The van der Waals surface area contributed by atoms with Gasteiger partial charge in [0.05, 0.1) is 5.69 Å². The first-order valence-electron chi connectivity index (χ1n) is 9.57. The van der Waals surface area contributed by atoms with Gasteiger partial charge in [0, 0.05) is 28.3 Å². The maximum atomic E-state index is 12.9. The highest BCUT2D eigenvalue weighted by molar-refractivity contribution is 6.30. The molecule has 140 valence electrons. The van der Waals surface area contributed by atoms with Crippen LogP contribution in [0.3, 0.4) is 0 Å². The summed E-state index contributed by atoms with van der Waals surface area (Å²) in [4.78, 5) is 12.9. The molecule has 2 aromatic carbocycles. The number of ketones is 1. The quantitative estimate of drug-likeness (QED) is 0.626. The minimum atomic E-state index is -0.229. The normalized spacial score (nSPS) is 18.5. The van der Waals surface area contributed by atoms with E-state index in [0.717, 1.165) is 52.3 Å². The molecule has 0 amide bonds. The van der Waals surface area contributed by atoms with Crippen molar-refractivity contribution in [3.05, 3.63) is 82.1 Å². The third-order valence-corrected chi connectivity index (χ3v) is 5.83. The number of Topliss-reactive ketones (excluding diaryl/α,β-unsaturated/α-hetero) is 1. The molecule has 1 N–H and O–H groups in total. The average Bonchev–Trinajstić information content (AvgIpc) is 3.03. The lowest BCUT2D eigenvalue weighted by Crippen LogP contribution is -2.31. The number of nitrogens with zero attached hydrogens (tertiary/aromatic N) is 2. The van der Waals surface area contributed by atoms with Gasteiger partial charge < -0.3 is 5.32 Å². The van der Waals surface area contributed by atoms with Gasteiger partial charge in [-0.25, -0.2) is 4.68 Å². The predicted molar refractivity (Wildman–Crippen MR) is 111 cm³/mol. The Morgan fingerprint density at radius 3 is 2.57 bits per heavy atom. The topological polar surface area (TPSA) is 46.9 Å². The number of anilines is 1. The molecule has 0 fully saturated rings. The predicted octanol–water partition coefficient (Wildman–Crippen LogP) is 5.53. The van der Waals surface area contributed by atoms with E-state index in [1.54, 1.807) is 0 Å². The molecule has 0 unspecified atom stereocenters. The van der Waals surface area contributed by atoms with Crippen molar-refractivity contribution in [1.29, 1.82) is 0 Å². The van der Waals surface area contributed by atoms with Gasteiger partial charge in [-0.1, -0.05) is 54.1 Å². The molecular formula is C23H20ClN3O. The van der Waals surface area contributed by atoms with E-state index in [1.807, 2.05) is 54.1 Å². The third kappa shape index (κ3) is 2.68. The molecule has 0 saturated heterocycles. The fourth-order valence-electron chi connectivity index (χ4n) is 4.33. The number of allylic oxidation sites excluding steroid dienone is 2. The fourth-order valence-corrected chi connectivity index (χ4v) is 4.46. The molecule has 1 atom stereocenters. The first kappa shape index (κ1) is 17.3. The zero-order chi connectivity index (χ0) is 19.3. The van der Waals surface area contributed by atoms with Crippen LogP contribution in [-0.4, -0.2) is 15.6 Å². The molecule has 0 radical (unpaired) electrons. The van der Waals surface area contributed by atoms with Gasteiger partial charge in [0.2, 0.25) is 0 Å². The van der Waals surface area contributed by atoms with Crippen LogP contribution in [0.4, 0.5) is 5.82 Å². The monoisotopic (exact) mass is 389 g/mol. The number of hydrogen-bond acceptors (Lipinski definition) is 3. The van der Waals surface area contributed by atoms with Crippen molar-refractivity contribution in [3.8, 4) is 11.1 Å². The molecular weight excluding hydrogens is 370 g/mol. The Morgan fingerprint density at radius 1 is 1.07 bits per heavy atom. The second-order valence-corrected chi connectivity index (χ2v) is 7.80. The SMILES string of the molecule is Cc1nn2c(c1-c1ccccc1)NC1=C(C(=O)CCC1)[C@@H]2c1ccc(Cl)cc1. The molecule has 5 rings (SSSR count). The third-order valence-electron chi connectivity index (χ3n) is 5.58. The summed E-state index contributed by atoms with van der Waals surface area (Å²) in [7, 11) is 0. The summed E-state index contributed by atoms with van der Waals surface area (Å²) in [6, 6.07) is 17.8. The molecule has 2 heterocycles. The van der Waals surface area contributed by atoms with Crippen molar-refractivity contribution in [2.75, 3.05) is 5.32 Å². The van der Waals surface area contributed by atoms with Gasteiger partial charge in [-0.3, -0.25) is 4.79 Å². The van der Waals surface area contributed by atoms with Crippen LogP contribution in [0.2, 0.25) is 5.02 Å². The van der Waals surface area contributed by atoms with E-state index >= 15 is 0 Å². The highest BCUT2D eigenvalue weighted by atomic mass is 35.5. The summed E-state index contributed by atoms with van der Waals surface area (Å²) >= 11 is 6.11. The van der Waals surface area contributed by atoms with Crippen LogP contribution in [0.25, 0.3) is 11.1 Å². The molecule has 1 aliphatic heterocycles. The van der Waals surface area contributed by atoms with Gasteiger partial charge >= 0.3 is 0 Å². The number of benzene rings is 2. The molecule has 1 aromatic heterocycles. The van der Waals surface area contributed by atoms with Crippen LogP contribution in [-0.2, 0) is 4.79 Å². The summed E-state index contributed by atoms with van der Waals surface area (Å²) in [5.74, 6) is 1.16. The number of halogens is 1. The fraction of sp³-hybridized carbons (Fsp3) is 0.217. The highest BCUT2D eigenvalue weighted by Gasteiger charge is 2.37. The number of hydrogen-bond donors (Lipinski definition) is 1. The van der Waals surface area contributed by atoms with Crippen molar-refractivity contribution in [2.45, 2.75) is 32.2 Å². The summed E-state index contributed by atoms with van der Waals surface area (Å²) in [5, 5.41) is 9.11. The lowest BCUT2D eigenvalue weighted by molar-refractivity contribution is -0.116. The Hall–Kier alpha value is -2.85. The number of carbonyl (C=O) groups excluding carboxylic acids is 1. The molecule has 0 spiro atoms. The summed E-state index contributed by atoms with van der Waals surface area (Å²) in [5.41, 5.74) is 6.04. The molecule has 5 heteroatoms. The Morgan fingerprint density at radius 2 is 1.82 bits per heavy atom. The maximum absolute atomic E-state index is 12.9. The first-order chi connectivity index (χ1) is 13.6. The molecule has 1 aliphatic carbocycles. The van der Waals surface area contributed by atoms with Gasteiger partial charge in [0.25, 0.3) is 0 Å². The lowest BCUT2D eigenvalue weighted by atomic mass is 9.85. The Labute approximate surface area is 168 Å². The van der Waals surface area contributed by atoms with Gasteiger partial charge in [-0.2, -0.15) is 5.10 Å². The number of fused-ring (bicyclic) bond motifs is 1. The van der Waals surface area contributed by atoms with E-state index in [-0.39, 0.29) is 11.8 Å². The van der Waals surface area contributed by atoms with Crippen LogP contribution >= 0.6 is 11.6 Å². The van der Waals surface area contributed by atoms with Crippen LogP contribution in [0.1, 0.15) is 36.6 Å². The van der Waals surface area contributed by atoms with Gasteiger partial charge in [0.1, 0.15) is 11.9 Å². The maximum Gasteiger partial charge on any atom is 0.163 e. The van der Waals surface area contributed by atoms with Crippen LogP contribution in [0.5, 0.6) is 0 Å². The van der Waals surface area contributed by atoms with Crippen LogP contribution in [0.15, 0.2) is 65.9 Å². The number of rotatable bonds is 2. The molecule has 28 heavy (non-hydrogen) atoms. The molecule has 3 aromatic rings. The van der Waals surface area contributed by atoms with E-state index < -0.39 is 0 Å². The van der Waals surface area contributed by atoms with Crippen LogP contribution < -0.4 is 5.32 Å². The number of nitrogens with one attached hydrogen (secondary N) is 1. The van der Waals surface area contributed by atoms with Crippen molar-refractivity contribution in [1.82, 2.24) is 9.78 Å². The molecule has 2 aliphatic rings. The smallest absolute Gasteiger partial charge is 0.163 e. The summed E-state index contributed by atoms with van der Waals surface area (Å²) in [6.07, 6.45) is 2.35. The lowest BCUT2D eigenvalue weighted by Gasteiger charge is -2.33. The largest absolute Gasteiger partial charge is 0.343 e. The number of carbonyl (C=O) groups is 1. The van der Waals surface area contributed by atoms with Gasteiger partial charge in [-0.15, -0.1) is 0 Å². The minimum Gasteiger partial charge on any atom is -0.343 e. The van der Waals surface area contributed by atoms with E-state index in [0.29, 0.717) is 11.4 Å². The van der Waals surface area contributed by atoms with E-state index in [2.05, 4.69) is 17.4 Å². The second kappa shape index (κ2) is 6.64. The zero-order valence-corrected chi connectivity index (χ0v) is 16.3. The highest BCUT2D eigenvalue weighted by Crippen LogP contribution is 2.44. The molecule has 0 saturated carbocycles. The van der Waals surface area contributed by atoms with Gasteiger partial charge in [0.15, 0.2) is 5.78 Å². The molecule has 4 nitrogen and oxygen atoms in total. The Kier molecular flexibility index (Phi) is 4.09. The zero-order valence-electron chi connectivity index (χ0n) is 15.6. The first-order valence-corrected chi connectivity index (χ1v) is 9.94. The van der Waals surface area contributed by atoms with Crippen molar-refractivity contribution in [3.63, 3.8) is 0 Å². The van der Waals surface area contributed by atoms with Crippen molar-refractivity contribution < 1.29 is 4.79 Å². The standard InChI is InChI=1S/C23H20ClN3O/c1-14-20(15-6-3-2-4-7-15)23-25-18-8-5-9-19(28)21(18)22(27(23)26-14)16-10-12-17(24)13-11-16/h2-4,6-7,10-13,22,25H,5,8-9H2,1H3/t22-/m0/s1. The van der Waals surface area contributed by atoms with Crippen molar-refractivity contribution in [2.24, 2.45) is 0 Å². The van der Waals surface area contributed by atoms with Gasteiger partial charge in [-0.05, 0) is 43.0 Å². The second-order valence-electron chi connectivity index (χ2n) is 7.37. The Bertz CT molecular complexity index is 1100. The van der Waals surface area contributed by atoms with E-state index in [4.69, 9.17) is 16.7 Å². The van der Waals surface area contributed by atoms with Crippen LogP contribution in [0, 0.1) is 6.92 Å². The Balaban J connectivity index is 1.75. The van der Waals surface area contributed by atoms with E-state index in [1.165, 1.54) is 0 Å². The molecule has 0 bridgehead atoms. The number of aryl methyl sites for hydroxylation is 1.